The molecule has 120 valence electrons. The van der Waals surface area contributed by atoms with Crippen LogP contribution in [0.5, 0.6) is 0 Å². The summed E-state index contributed by atoms with van der Waals surface area (Å²) in [5.41, 5.74) is -2.14. The molecule has 1 N–H and O–H groups in total. The van der Waals surface area contributed by atoms with Crippen molar-refractivity contribution in [1.82, 2.24) is 5.01 Å². The van der Waals surface area contributed by atoms with E-state index < -0.39 is 24.2 Å². The highest BCUT2D eigenvalue weighted by Crippen LogP contribution is 2.40. The van der Waals surface area contributed by atoms with Gasteiger partial charge in [-0.3, -0.25) is 4.79 Å². The summed E-state index contributed by atoms with van der Waals surface area (Å²) in [4.78, 5) is 12.0. The van der Waals surface area contributed by atoms with Crippen LogP contribution in [0.25, 0.3) is 0 Å². The lowest BCUT2D eigenvalue weighted by molar-refractivity contribution is -0.302. The third-order valence-electron chi connectivity index (χ3n) is 3.51. The molecule has 0 fully saturated rings. The molecule has 1 amide bonds. The number of nitrogens with zero attached hydrogens (tertiary/aromatic N) is 2. The van der Waals surface area contributed by atoms with Gasteiger partial charge in [-0.2, -0.15) is 23.3 Å². The molecule has 0 spiro atoms. The Balaban J connectivity index is 1.99. The summed E-state index contributed by atoms with van der Waals surface area (Å²) >= 11 is 0. The average Bonchev–Trinajstić information content (AvgIpc) is 2.76. The Morgan fingerprint density at radius 1 is 1.36 bits per heavy atom. The Labute approximate surface area is 126 Å². The average molecular weight is 314 g/mol. The van der Waals surface area contributed by atoms with Gasteiger partial charge in [0, 0.05) is 18.6 Å². The molecule has 1 aromatic rings. The fraction of sp³-hybridized carbons (Fsp3) is 0.467. The SMILES string of the molecule is CC1=NN(C(=O)CCCc2ccccc2)[C@](O)(C(F)(F)F)C1. The molecule has 1 heterocycles. The summed E-state index contributed by atoms with van der Waals surface area (Å²) in [5, 5.41) is 13.6. The van der Waals surface area contributed by atoms with Crippen LogP contribution in [-0.4, -0.2) is 33.6 Å². The lowest BCUT2D eigenvalue weighted by Gasteiger charge is -2.32. The maximum atomic E-state index is 13.0. The summed E-state index contributed by atoms with van der Waals surface area (Å²) in [5.74, 6) is -0.826. The number of hydrogen-bond donors (Lipinski definition) is 1. The number of carbonyl (C=O) groups excluding carboxylic acids is 1. The molecule has 1 aliphatic heterocycles. The van der Waals surface area contributed by atoms with Crippen LogP contribution >= 0.6 is 0 Å². The number of rotatable bonds is 4. The normalized spacial score (nSPS) is 21.9. The van der Waals surface area contributed by atoms with E-state index in [1.165, 1.54) is 6.92 Å². The van der Waals surface area contributed by atoms with E-state index in [0.717, 1.165) is 5.56 Å². The third-order valence-corrected chi connectivity index (χ3v) is 3.51. The Morgan fingerprint density at radius 2 is 2.00 bits per heavy atom. The van der Waals surface area contributed by atoms with Gasteiger partial charge in [0.2, 0.25) is 5.91 Å². The molecular weight excluding hydrogens is 297 g/mol. The van der Waals surface area contributed by atoms with Gasteiger partial charge in [0.25, 0.3) is 5.72 Å². The number of halogens is 3. The number of hydrazone groups is 1. The largest absolute Gasteiger partial charge is 0.438 e. The molecule has 0 aliphatic carbocycles. The monoisotopic (exact) mass is 314 g/mol. The van der Waals surface area contributed by atoms with E-state index in [4.69, 9.17) is 0 Å². The van der Waals surface area contributed by atoms with Crippen LogP contribution in [0.1, 0.15) is 31.7 Å². The van der Waals surface area contributed by atoms with Crippen LogP contribution in [0, 0.1) is 0 Å². The van der Waals surface area contributed by atoms with Crippen molar-refractivity contribution in [2.75, 3.05) is 0 Å². The zero-order chi connectivity index (χ0) is 16.4. The summed E-state index contributed by atoms with van der Waals surface area (Å²) in [7, 11) is 0. The lowest BCUT2D eigenvalue weighted by atomic mass is 10.1. The van der Waals surface area contributed by atoms with Crippen molar-refractivity contribution >= 4 is 11.6 Å². The summed E-state index contributed by atoms with van der Waals surface area (Å²) in [6, 6.07) is 9.34. The van der Waals surface area contributed by atoms with Crippen molar-refractivity contribution in [2.24, 2.45) is 5.10 Å². The number of hydrogen-bond acceptors (Lipinski definition) is 3. The van der Waals surface area contributed by atoms with Gasteiger partial charge < -0.3 is 5.11 Å². The molecular formula is C15H17F3N2O2. The van der Waals surface area contributed by atoms with E-state index in [1.807, 2.05) is 30.3 Å². The van der Waals surface area contributed by atoms with Gasteiger partial charge in [-0.25, -0.2) is 0 Å². The van der Waals surface area contributed by atoms with Gasteiger partial charge in [0.1, 0.15) is 0 Å². The van der Waals surface area contributed by atoms with E-state index in [-0.39, 0.29) is 17.1 Å². The van der Waals surface area contributed by atoms with Gasteiger partial charge >= 0.3 is 6.18 Å². The highest BCUT2D eigenvalue weighted by molar-refractivity contribution is 5.89. The summed E-state index contributed by atoms with van der Waals surface area (Å²) in [6.45, 7) is 1.36. The second-order valence-electron chi connectivity index (χ2n) is 5.37. The Kier molecular flexibility index (Phi) is 4.55. The summed E-state index contributed by atoms with van der Waals surface area (Å²) < 4.78 is 39.0. The Bertz CT molecular complexity index is 572. The highest BCUT2D eigenvalue weighted by Gasteiger charge is 2.62. The fourth-order valence-electron chi connectivity index (χ4n) is 2.40. The molecule has 0 radical (unpaired) electrons. The van der Waals surface area contributed by atoms with Crippen molar-refractivity contribution in [1.29, 1.82) is 0 Å². The molecule has 2 rings (SSSR count). The molecule has 0 aromatic heterocycles. The third kappa shape index (κ3) is 3.30. The van der Waals surface area contributed by atoms with Crippen molar-refractivity contribution < 1.29 is 23.1 Å². The van der Waals surface area contributed by atoms with Crippen LogP contribution in [0.2, 0.25) is 0 Å². The van der Waals surface area contributed by atoms with Crippen molar-refractivity contribution in [3.63, 3.8) is 0 Å². The molecule has 1 aromatic carbocycles. The van der Waals surface area contributed by atoms with E-state index in [2.05, 4.69) is 5.10 Å². The number of aliphatic hydroxyl groups is 1. The Morgan fingerprint density at radius 3 is 2.59 bits per heavy atom. The first-order valence-electron chi connectivity index (χ1n) is 6.94. The van der Waals surface area contributed by atoms with E-state index >= 15 is 0 Å². The van der Waals surface area contributed by atoms with Crippen LogP contribution in [-0.2, 0) is 11.2 Å². The van der Waals surface area contributed by atoms with Gasteiger partial charge in [0.15, 0.2) is 0 Å². The van der Waals surface area contributed by atoms with Crippen LogP contribution in [0.3, 0.4) is 0 Å². The molecule has 1 aliphatic rings. The van der Waals surface area contributed by atoms with Crippen molar-refractivity contribution in [2.45, 2.75) is 44.5 Å². The molecule has 22 heavy (non-hydrogen) atoms. The molecule has 0 saturated carbocycles. The quantitative estimate of drug-likeness (QED) is 0.929. The maximum Gasteiger partial charge on any atom is 0.438 e. The van der Waals surface area contributed by atoms with Crippen LogP contribution in [0.4, 0.5) is 13.2 Å². The molecule has 1 atom stereocenters. The van der Waals surface area contributed by atoms with Crippen molar-refractivity contribution in [3.05, 3.63) is 35.9 Å². The first-order valence-corrected chi connectivity index (χ1v) is 6.94. The summed E-state index contributed by atoms with van der Waals surface area (Å²) in [6.07, 6.45) is -4.79. The molecule has 0 unspecified atom stereocenters. The number of amides is 1. The zero-order valence-electron chi connectivity index (χ0n) is 12.1. The predicted octanol–water partition coefficient (Wildman–Crippen LogP) is 2.87. The van der Waals surface area contributed by atoms with Crippen LogP contribution in [0.15, 0.2) is 35.4 Å². The zero-order valence-corrected chi connectivity index (χ0v) is 12.1. The first-order chi connectivity index (χ1) is 10.2. The van der Waals surface area contributed by atoms with Gasteiger partial charge in [-0.15, -0.1) is 0 Å². The minimum absolute atomic E-state index is 0.0798. The first kappa shape index (κ1) is 16.5. The van der Waals surface area contributed by atoms with Crippen LogP contribution < -0.4 is 0 Å². The van der Waals surface area contributed by atoms with Gasteiger partial charge in [-0.1, -0.05) is 30.3 Å². The Hall–Kier alpha value is -1.89. The topological polar surface area (TPSA) is 52.9 Å². The number of aryl methyl sites for hydroxylation is 1. The molecule has 4 nitrogen and oxygen atoms in total. The van der Waals surface area contributed by atoms with Gasteiger partial charge in [0.05, 0.1) is 0 Å². The second kappa shape index (κ2) is 6.08. The number of alkyl halides is 3. The lowest BCUT2D eigenvalue weighted by Crippen LogP contribution is -2.56. The minimum Gasteiger partial charge on any atom is -0.362 e. The standard InChI is InChI=1S/C15H17F3N2O2/c1-11-10-14(22,15(16,17)18)20(19-11)13(21)9-5-8-12-6-3-2-4-7-12/h2-4,6-7,22H,5,8-10H2,1H3/t14-/m1/s1. The van der Waals surface area contributed by atoms with E-state index in [9.17, 15) is 23.1 Å². The maximum absolute atomic E-state index is 13.0. The minimum atomic E-state index is -4.94. The van der Waals surface area contributed by atoms with E-state index in [0.29, 0.717) is 12.8 Å². The molecule has 0 saturated heterocycles. The molecule has 7 heteroatoms. The van der Waals surface area contributed by atoms with E-state index in [1.54, 1.807) is 0 Å². The highest BCUT2D eigenvalue weighted by atomic mass is 19.4. The number of carbonyl (C=O) groups is 1. The second-order valence-corrected chi connectivity index (χ2v) is 5.37. The fourth-order valence-corrected chi connectivity index (χ4v) is 2.40. The smallest absolute Gasteiger partial charge is 0.362 e. The number of benzene rings is 1. The molecule has 0 bridgehead atoms. The van der Waals surface area contributed by atoms with Crippen molar-refractivity contribution in [3.8, 4) is 0 Å². The predicted molar refractivity (Wildman–Crippen MR) is 75.0 cm³/mol. The van der Waals surface area contributed by atoms with Gasteiger partial charge in [-0.05, 0) is 25.3 Å².